The highest BCUT2D eigenvalue weighted by molar-refractivity contribution is 7.18. The fourth-order valence-electron chi connectivity index (χ4n) is 3.62. The van der Waals surface area contributed by atoms with E-state index in [1.807, 2.05) is 25.1 Å². The molecule has 31 heavy (non-hydrogen) atoms. The molecule has 6 heteroatoms. The van der Waals surface area contributed by atoms with Gasteiger partial charge in [-0.15, -0.1) is 11.3 Å². The molecule has 0 spiro atoms. The fraction of sp³-hybridized carbons (Fsp3) is 0.200. The fourth-order valence-corrected chi connectivity index (χ4v) is 4.50. The minimum Gasteiger partial charge on any atom is -0.472 e. The van der Waals surface area contributed by atoms with E-state index in [2.05, 4.69) is 42.6 Å². The maximum atomic E-state index is 5.70. The number of nitrogens with zero attached hydrogens (tertiary/aromatic N) is 2. The van der Waals surface area contributed by atoms with Crippen LogP contribution in [0.4, 0.5) is 5.82 Å². The lowest BCUT2D eigenvalue weighted by atomic mass is 10.1. The summed E-state index contributed by atoms with van der Waals surface area (Å²) in [5.74, 6) is 3.42. The predicted octanol–water partition coefficient (Wildman–Crippen LogP) is 6.87. The Morgan fingerprint density at radius 2 is 1.84 bits per heavy atom. The summed E-state index contributed by atoms with van der Waals surface area (Å²) in [6.07, 6.45) is 5.33. The van der Waals surface area contributed by atoms with Crippen LogP contribution in [-0.4, -0.2) is 16.5 Å². The molecular formula is C25H23N3O2S. The molecule has 5 nitrogen and oxygen atoms in total. The first kappa shape index (κ1) is 19.6. The number of hydrogen-bond donors (Lipinski definition) is 1. The van der Waals surface area contributed by atoms with Crippen molar-refractivity contribution in [2.75, 3.05) is 11.9 Å². The van der Waals surface area contributed by atoms with E-state index >= 15 is 0 Å². The van der Waals surface area contributed by atoms with Crippen molar-refractivity contribution in [1.29, 1.82) is 0 Å². The number of furan rings is 2. The number of thiophene rings is 1. The van der Waals surface area contributed by atoms with E-state index in [9.17, 15) is 0 Å². The molecule has 5 aromatic rings. The molecule has 0 radical (unpaired) electrons. The predicted molar refractivity (Wildman–Crippen MR) is 126 cm³/mol. The van der Waals surface area contributed by atoms with Crippen molar-refractivity contribution in [3.63, 3.8) is 0 Å². The Kier molecular flexibility index (Phi) is 5.30. The lowest BCUT2D eigenvalue weighted by molar-refractivity contribution is 0.548. The van der Waals surface area contributed by atoms with Gasteiger partial charge < -0.3 is 14.2 Å². The van der Waals surface area contributed by atoms with Gasteiger partial charge in [-0.25, -0.2) is 9.97 Å². The van der Waals surface area contributed by atoms with Crippen molar-refractivity contribution in [2.24, 2.45) is 0 Å². The van der Waals surface area contributed by atoms with Gasteiger partial charge >= 0.3 is 0 Å². The van der Waals surface area contributed by atoms with E-state index in [1.165, 1.54) is 10.4 Å². The Morgan fingerprint density at radius 3 is 2.58 bits per heavy atom. The third-order valence-electron chi connectivity index (χ3n) is 5.21. The van der Waals surface area contributed by atoms with Crippen LogP contribution in [0.1, 0.15) is 22.6 Å². The van der Waals surface area contributed by atoms with Gasteiger partial charge in [0.2, 0.25) is 0 Å². The van der Waals surface area contributed by atoms with Crippen LogP contribution >= 0.6 is 11.3 Å². The SMILES string of the molecule is Cc1ccc(-c2ccc(CCCNc3nc(-c4ccoc4)nc4sc(C)cc34)cc2)o1. The number of rotatable bonds is 7. The highest BCUT2D eigenvalue weighted by Crippen LogP contribution is 2.31. The Bertz CT molecular complexity index is 1300. The van der Waals surface area contributed by atoms with Gasteiger partial charge in [0.15, 0.2) is 5.82 Å². The van der Waals surface area contributed by atoms with Crippen LogP contribution in [-0.2, 0) is 6.42 Å². The van der Waals surface area contributed by atoms with Crippen molar-refractivity contribution in [3.8, 4) is 22.7 Å². The van der Waals surface area contributed by atoms with E-state index in [-0.39, 0.29) is 0 Å². The lowest BCUT2D eigenvalue weighted by Gasteiger charge is -2.09. The zero-order chi connectivity index (χ0) is 21.2. The Labute approximate surface area is 184 Å². The molecule has 1 N–H and O–H groups in total. The molecule has 5 rings (SSSR count). The van der Waals surface area contributed by atoms with Crippen LogP contribution < -0.4 is 5.32 Å². The molecule has 0 aliphatic rings. The van der Waals surface area contributed by atoms with E-state index < -0.39 is 0 Å². The summed E-state index contributed by atoms with van der Waals surface area (Å²) in [6, 6.07) is 16.6. The highest BCUT2D eigenvalue weighted by Gasteiger charge is 2.12. The molecule has 0 saturated heterocycles. The molecular weight excluding hydrogens is 406 g/mol. The van der Waals surface area contributed by atoms with E-state index in [1.54, 1.807) is 23.9 Å². The van der Waals surface area contributed by atoms with Gasteiger partial charge in [-0.1, -0.05) is 24.3 Å². The van der Waals surface area contributed by atoms with Crippen LogP contribution in [0.5, 0.6) is 0 Å². The summed E-state index contributed by atoms with van der Waals surface area (Å²) in [5, 5.41) is 4.60. The molecule has 4 heterocycles. The second-order valence-corrected chi connectivity index (χ2v) is 8.86. The van der Waals surface area contributed by atoms with Crippen molar-refractivity contribution in [2.45, 2.75) is 26.7 Å². The molecule has 0 aliphatic carbocycles. The quantitative estimate of drug-likeness (QED) is 0.286. The monoisotopic (exact) mass is 429 g/mol. The molecule has 0 aliphatic heterocycles. The standard InChI is InChI=1S/C25H23N3O2S/c1-16-5-10-22(30-16)19-8-6-18(7-9-19)4-3-12-26-24-21-14-17(2)31-25(21)28-23(27-24)20-11-13-29-15-20/h5-11,13-15H,3-4,12H2,1-2H3,(H,26,27,28). The zero-order valence-electron chi connectivity index (χ0n) is 17.5. The highest BCUT2D eigenvalue weighted by atomic mass is 32.1. The number of hydrogen-bond acceptors (Lipinski definition) is 6. The summed E-state index contributed by atoms with van der Waals surface area (Å²) in [4.78, 5) is 11.7. The average molecular weight is 430 g/mol. The second-order valence-electron chi connectivity index (χ2n) is 7.62. The molecule has 0 unspecified atom stereocenters. The minimum atomic E-state index is 0.689. The third-order valence-corrected chi connectivity index (χ3v) is 6.15. The maximum Gasteiger partial charge on any atom is 0.166 e. The molecule has 0 bridgehead atoms. The van der Waals surface area contributed by atoms with Crippen LogP contribution in [0.2, 0.25) is 0 Å². The number of fused-ring (bicyclic) bond motifs is 1. The van der Waals surface area contributed by atoms with E-state index in [4.69, 9.17) is 18.8 Å². The van der Waals surface area contributed by atoms with Crippen molar-refractivity contribution in [1.82, 2.24) is 9.97 Å². The summed E-state index contributed by atoms with van der Waals surface area (Å²) >= 11 is 1.69. The molecule has 4 aromatic heterocycles. The first-order valence-corrected chi connectivity index (χ1v) is 11.2. The van der Waals surface area contributed by atoms with Crippen LogP contribution in [0.15, 0.2) is 69.9 Å². The Hall–Kier alpha value is -3.38. The number of anilines is 1. The van der Waals surface area contributed by atoms with Gasteiger partial charge in [0.05, 0.1) is 17.2 Å². The molecule has 156 valence electrons. The van der Waals surface area contributed by atoms with Crippen molar-refractivity contribution < 1.29 is 8.83 Å². The smallest absolute Gasteiger partial charge is 0.166 e. The number of benzene rings is 1. The molecule has 0 amide bonds. The van der Waals surface area contributed by atoms with Gasteiger partial charge in [0.1, 0.15) is 28.4 Å². The summed E-state index contributed by atoms with van der Waals surface area (Å²) in [5.41, 5.74) is 3.31. The molecule has 0 fully saturated rings. The van der Waals surface area contributed by atoms with Crippen molar-refractivity contribution in [3.05, 3.63) is 77.3 Å². The molecule has 1 aromatic carbocycles. The average Bonchev–Trinajstić information content (AvgIpc) is 3.52. The van der Waals surface area contributed by atoms with Gasteiger partial charge in [0.25, 0.3) is 0 Å². The largest absolute Gasteiger partial charge is 0.472 e. The van der Waals surface area contributed by atoms with Gasteiger partial charge in [-0.3, -0.25) is 0 Å². The van der Waals surface area contributed by atoms with E-state index in [0.29, 0.717) is 5.82 Å². The summed E-state index contributed by atoms with van der Waals surface area (Å²) in [6.45, 7) is 4.90. The van der Waals surface area contributed by atoms with Crippen LogP contribution in [0.25, 0.3) is 32.9 Å². The van der Waals surface area contributed by atoms with Gasteiger partial charge in [-0.2, -0.15) is 0 Å². The van der Waals surface area contributed by atoms with Crippen LogP contribution in [0, 0.1) is 13.8 Å². The molecule has 0 atom stereocenters. The maximum absolute atomic E-state index is 5.70. The summed E-state index contributed by atoms with van der Waals surface area (Å²) < 4.78 is 10.9. The Balaban J connectivity index is 1.25. The second kappa shape index (κ2) is 8.40. The van der Waals surface area contributed by atoms with Gasteiger partial charge in [0, 0.05) is 17.0 Å². The number of aromatic nitrogens is 2. The zero-order valence-corrected chi connectivity index (χ0v) is 18.3. The summed E-state index contributed by atoms with van der Waals surface area (Å²) in [7, 11) is 0. The lowest BCUT2D eigenvalue weighted by Crippen LogP contribution is -2.06. The molecule has 0 saturated carbocycles. The minimum absolute atomic E-state index is 0.689. The Morgan fingerprint density at radius 1 is 0.968 bits per heavy atom. The van der Waals surface area contributed by atoms with Crippen LogP contribution in [0.3, 0.4) is 0 Å². The first-order valence-electron chi connectivity index (χ1n) is 10.4. The first-order chi connectivity index (χ1) is 15.2. The van der Waals surface area contributed by atoms with Crippen molar-refractivity contribution >= 4 is 27.4 Å². The number of nitrogens with one attached hydrogen (secondary N) is 1. The third kappa shape index (κ3) is 4.25. The van der Waals surface area contributed by atoms with Gasteiger partial charge in [-0.05, 0) is 56.5 Å². The normalized spacial score (nSPS) is 11.3. The van der Waals surface area contributed by atoms with E-state index in [0.717, 1.165) is 58.1 Å². The number of aryl methyl sites for hydroxylation is 3. The topological polar surface area (TPSA) is 64.1 Å².